The monoisotopic (exact) mass is 552 g/mol. The number of halogens is 1. The maximum atomic E-state index is 12.5. The molecular weight excluding hydrogens is 519 g/mol. The molecule has 0 aliphatic carbocycles. The van der Waals surface area contributed by atoms with E-state index < -0.39 is 0 Å². The zero-order chi connectivity index (χ0) is 22.2. The van der Waals surface area contributed by atoms with E-state index in [1.165, 1.54) is 11.1 Å². The minimum absolute atomic E-state index is 0. The summed E-state index contributed by atoms with van der Waals surface area (Å²) in [4.78, 5) is 18.8. The first-order valence-corrected chi connectivity index (χ1v) is 10.6. The maximum absolute atomic E-state index is 12.5. The van der Waals surface area contributed by atoms with E-state index >= 15 is 0 Å². The van der Waals surface area contributed by atoms with Gasteiger partial charge in [-0.1, -0.05) is 24.3 Å². The van der Waals surface area contributed by atoms with Crippen molar-refractivity contribution in [3.05, 3.63) is 59.2 Å². The third kappa shape index (κ3) is 6.51. The molecule has 3 rings (SSSR count). The number of methoxy groups -OCH3 is 2. The fraction of sp³-hybridized carbons (Fsp3) is 0.417. The number of benzene rings is 2. The molecule has 1 amide bonds. The molecule has 174 valence electrons. The Morgan fingerprint density at radius 1 is 1.12 bits per heavy atom. The van der Waals surface area contributed by atoms with Crippen molar-refractivity contribution in [1.82, 2.24) is 15.5 Å². The molecule has 1 aliphatic rings. The highest BCUT2D eigenvalue weighted by Crippen LogP contribution is 2.29. The molecule has 0 saturated carbocycles. The molecule has 0 bridgehead atoms. The zero-order valence-corrected chi connectivity index (χ0v) is 21.5. The van der Waals surface area contributed by atoms with Crippen LogP contribution in [0.2, 0.25) is 0 Å². The van der Waals surface area contributed by atoms with Gasteiger partial charge in [0.2, 0.25) is 5.91 Å². The second kappa shape index (κ2) is 12.5. The van der Waals surface area contributed by atoms with Crippen molar-refractivity contribution in [1.29, 1.82) is 0 Å². The second-order valence-corrected chi connectivity index (χ2v) is 7.59. The van der Waals surface area contributed by atoms with Crippen molar-refractivity contribution >= 4 is 35.8 Å². The number of hydrogen-bond acceptors (Lipinski definition) is 4. The lowest BCUT2D eigenvalue weighted by atomic mass is 10.1. The first-order valence-electron chi connectivity index (χ1n) is 10.6. The van der Waals surface area contributed by atoms with E-state index in [2.05, 4.69) is 27.8 Å². The highest BCUT2D eigenvalue weighted by molar-refractivity contribution is 14.0. The average Bonchev–Trinajstić information content (AvgIpc) is 3.24. The first kappa shape index (κ1) is 25.8. The van der Waals surface area contributed by atoms with Gasteiger partial charge < -0.3 is 25.0 Å². The Hall–Kier alpha value is -2.49. The van der Waals surface area contributed by atoms with E-state index in [0.29, 0.717) is 32.0 Å². The number of nitrogens with one attached hydrogen (secondary N) is 2. The van der Waals surface area contributed by atoms with E-state index in [1.54, 1.807) is 21.3 Å². The Kier molecular flexibility index (Phi) is 10.1. The molecule has 0 saturated heterocycles. The molecular formula is C24H33IN4O3. The Bertz CT molecular complexity index is 910. The summed E-state index contributed by atoms with van der Waals surface area (Å²) in [6, 6.07) is 13.9. The minimum Gasteiger partial charge on any atom is -0.497 e. The van der Waals surface area contributed by atoms with Crippen molar-refractivity contribution in [2.75, 3.05) is 27.8 Å². The maximum Gasteiger partial charge on any atom is 0.223 e. The van der Waals surface area contributed by atoms with Gasteiger partial charge in [-0.25, -0.2) is 0 Å². The highest BCUT2D eigenvalue weighted by atomic mass is 127. The molecule has 1 heterocycles. The summed E-state index contributed by atoms with van der Waals surface area (Å²) in [5.41, 5.74) is 3.48. The van der Waals surface area contributed by atoms with Crippen molar-refractivity contribution in [3.63, 3.8) is 0 Å². The van der Waals surface area contributed by atoms with Crippen LogP contribution in [0.15, 0.2) is 47.5 Å². The van der Waals surface area contributed by atoms with Crippen LogP contribution in [0.5, 0.6) is 11.5 Å². The van der Waals surface area contributed by atoms with Gasteiger partial charge >= 0.3 is 0 Å². The Labute approximate surface area is 207 Å². The number of aliphatic imine (C=N–C) groups is 1. The van der Waals surface area contributed by atoms with Gasteiger partial charge in [0.25, 0.3) is 0 Å². The third-order valence-electron chi connectivity index (χ3n) is 5.53. The van der Waals surface area contributed by atoms with Gasteiger partial charge in [0.15, 0.2) is 5.96 Å². The largest absolute Gasteiger partial charge is 0.497 e. The van der Waals surface area contributed by atoms with Gasteiger partial charge in [0.05, 0.1) is 20.3 Å². The van der Waals surface area contributed by atoms with Crippen molar-refractivity contribution in [3.8, 4) is 11.5 Å². The van der Waals surface area contributed by atoms with Crippen LogP contribution in [-0.4, -0.2) is 44.6 Å². The second-order valence-electron chi connectivity index (χ2n) is 7.59. The predicted molar refractivity (Wildman–Crippen MR) is 138 cm³/mol. The lowest BCUT2D eigenvalue weighted by molar-refractivity contribution is -0.131. The Balaban J connectivity index is 0.00000363. The van der Waals surface area contributed by atoms with Crippen LogP contribution in [0.25, 0.3) is 0 Å². The molecule has 8 heteroatoms. The number of ether oxygens (including phenoxy) is 2. The van der Waals surface area contributed by atoms with Crippen LogP contribution in [-0.2, 0) is 17.9 Å². The normalized spacial score (nSPS) is 13.6. The molecule has 2 aromatic rings. The van der Waals surface area contributed by atoms with E-state index in [1.807, 2.05) is 42.2 Å². The number of fused-ring (bicyclic) bond motifs is 1. The molecule has 1 atom stereocenters. The number of nitrogens with zero attached hydrogens (tertiary/aromatic N) is 2. The van der Waals surface area contributed by atoms with Crippen LogP contribution in [0.3, 0.4) is 0 Å². The van der Waals surface area contributed by atoms with Crippen molar-refractivity contribution < 1.29 is 14.3 Å². The molecule has 0 radical (unpaired) electrons. The number of carbonyl (C=O) groups is 1. The van der Waals surface area contributed by atoms with Crippen LogP contribution in [0.4, 0.5) is 0 Å². The topological polar surface area (TPSA) is 75.2 Å². The first-order chi connectivity index (χ1) is 15.0. The smallest absolute Gasteiger partial charge is 0.223 e. The SMILES string of the molecule is CN=C(NCCCC(=O)N1Cc2ccccc2C1)NC(C)c1cc(OC)ccc1OC.I. The van der Waals surface area contributed by atoms with Gasteiger partial charge in [0, 0.05) is 38.7 Å². The number of hydrogen-bond donors (Lipinski definition) is 2. The van der Waals surface area contributed by atoms with E-state index in [0.717, 1.165) is 23.5 Å². The number of guanidine groups is 1. The highest BCUT2D eigenvalue weighted by Gasteiger charge is 2.22. The van der Waals surface area contributed by atoms with Gasteiger partial charge in [0.1, 0.15) is 11.5 Å². The van der Waals surface area contributed by atoms with Gasteiger partial charge in [-0.3, -0.25) is 9.79 Å². The predicted octanol–water partition coefficient (Wildman–Crippen LogP) is 3.87. The fourth-order valence-electron chi connectivity index (χ4n) is 3.77. The summed E-state index contributed by atoms with van der Waals surface area (Å²) in [5.74, 6) is 2.43. The van der Waals surface area contributed by atoms with Gasteiger partial charge in [-0.15, -0.1) is 24.0 Å². The van der Waals surface area contributed by atoms with Crippen LogP contribution >= 0.6 is 24.0 Å². The summed E-state index contributed by atoms with van der Waals surface area (Å²) in [6.45, 7) is 4.13. The molecule has 2 aromatic carbocycles. The summed E-state index contributed by atoms with van der Waals surface area (Å²) in [7, 11) is 5.03. The van der Waals surface area contributed by atoms with Crippen molar-refractivity contribution in [2.45, 2.75) is 38.9 Å². The summed E-state index contributed by atoms with van der Waals surface area (Å²) in [6.07, 6.45) is 1.25. The van der Waals surface area contributed by atoms with Gasteiger partial charge in [-0.05, 0) is 42.7 Å². The van der Waals surface area contributed by atoms with E-state index in [9.17, 15) is 4.79 Å². The lowest BCUT2D eigenvalue weighted by Crippen LogP contribution is -2.39. The fourth-order valence-corrected chi connectivity index (χ4v) is 3.77. The third-order valence-corrected chi connectivity index (χ3v) is 5.53. The van der Waals surface area contributed by atoms with E-state index in [4.69, 9.17) is 9.47 Å². The summed E-state index contributed by atoms with van der Waals surface area (Å²) in [5, 5.41) is 6.67. The number of carbonyl (C=O) groups excluding carboxylic acids is 1. The van der Waals surface area contributed by atoms with Crippen LogP contribution in [0, 0.1) is 0 Å². The van der Waals surface area contributed by atoms with E-state index in [-0.39, 0.29) is 35.9 Å². The van der Waals surface area contributed by atoms with Gasteiger partial charge in [-0.2, -0.15) is 0 Å². The standard InChI is InChI=1S/C24H32N4O3.HI/c1-17(21-14-20(30-3)11-12-22(21)31-4)27-24(25-2)26-13-7-10-23(29)28-15-18-8-5-6-9-19(18)16-28;/h5-6,8-9,11-12,14,17H,7,10,13,15-16H2,1-4H3,(H2,25,26,27);1H. The van der Waals surface area contributed by atoms with Crippen molar-refractivity contribution in [2.24, 2.45) is 4.99 Å². The van der Waals surface area contributed by atoms with Crippen LogP contribution < -0.4 is 20.1 Å². The Morgan fingerprint density at radius 3 is 2.41 bits per heavy atom. The summed E-state index contributed by atoms with van der Waals surface area (Å²) >= 11 is 0. The minimum atomic E-state index is -0.0408. The lowest BCUT2D eigenvalue weighted by Gasteiger charge is -2.21. The molecule has 1 aliphatic heterocycles. The molecule has 0 aromatic heterocycles. The molecule has 0 spiro atoms. The molecule has 1 unspecified atom stereocenters. The molecule has 32 heavy (non-hydrogen) atoms. The summed E-state index contributed by atoms with van der Waals surface area (Å²) < 4.78 is 10.8. The van der Waals surface area contributed by atoms with Crippen LogP contribution in [0.1, 0.15) is 42.5 Å². The number of rotatable bonds is 8. The molecule has 7 nitrogen and oxygen atoms in total. The zero-order valence-electron chi connectivity index (χ0n) is 19.2. The Morgan fingerprint density at radius 2 is 1.81 bits per heavy atom. The number of amides is 1. The quantitative estimate of drug-likeness (QED) is 0.225. The molecule has 0 fully saturated rings. The molecule has 2 N–H and O–H groups in total. The average molecular weight is 552 g/mol.